The van der Waals surface area contributed by atoms with Gasteiger partial charge in [0.05, 0.1) is 0 Å². The molecule has 0 aliphatic heterocycles. The minimum atomic E-state index is 1.02. The van der Waals surface area contributed by atoms with Gasteiger partial charge in [0, 0.05) is 16.9 Å². The highest BCUT2D eigenvalue weighted by atomic mass is 79.9. The molecular formula is C7H10BrN. The first-order valence-corrected chi connectivity index (χ1v) is 3.74. The van der Waals surface area contributed by atoms with E-state index in [4.69, 9.17) is 0 Å². The molecule has 0 bridgehead atoms. The molecule has 0 aromatic carbocycles. The molecule has 1 aromatic rings. The van der Waals surface area contributed by atoms with E-state index in [9.17, 15) is 0 Å². The van der Waals surface area contributed by atoms with Crippen molar-refractivity contribution in [2.75, 3.05) is 0 Å². The van der Waals surface area contributed by atoms with E-state index in [1.54, 1.807) is 12.4 Å². The first-order chi connectivity index (χ1) is 4.39. The lowest BCUT2D eigenvalue weighted by molar-refractivity contribution is 1.31. The van der Waals surface area contributed by atoms with Crippen molar-refractivity contribution in [1.29, 1.82) is 0 Å². The fraction of sp³-hybridized carbons (Fsp3) is 0.286. The number of hydrogen-bond acceptors (Lipinski definition) is 1. The summed E-state index contributed by atoms with van der Waals surface area (Å²) in [5, 5.41) is 0. The summed E-state index contributed by atoms with van der Waals surface area (Å²) in [5.41, 5.74) is 0. The van der Waals surface area contributed by atoms with Crippen molar-refractivity contribution >= 4 is 15.9 Å². The molecule has 1 aromatic heterocycles. The molecule has 0 saturated carbocycles. The summed E-state index contributed by atoms with van der Waals surface area (Å²) in [6.07, 6.45) is 3.49. The Kier molecular flexibility index (Phi) is 5.52. The molecule has 0 amide bonds. The van der Waals surface area contributed by atoms with Crippen LogP contribution in [0.1, 0.15) is 13.8 Å². The zero-order valence-electron chi connectivity index (χ0n) is 5.63. The molecule has 1 rings (SSSR count). The molecule has 9 heavy (non-hydrogen) atoms. The summed E-state index contributed by atoms with van der Waals surface area (Å²) in [6.45, 7) is 4.00. The van der Waals surface area contributed by atoms with E-state index in [-0.39, 0.29) is 0 Å². The van der Waals surface area contributed by atoms with E-state index in [0.29, 0.717) is 0 Å². The number of hydrogen-bond donors (Lipinski definition) is 0. The monoisotopic (exact) mass is 187 g/mol. The lowest BCUT2D eigenvalue weighted by Crippen LogP contribution is -1.64. The van der Waals surface area contributed by atoms with Crippen molar-refractivity contribution in [3.8, 4) is 0 Å². The van der Waals surface area contributed by atoms with E-state index in [0.717, 1.165) is 4.47 Å². The van der Waals surface area contributed by atoms with Crippen LogP contribution in [0.5, 0.6) is 0 Å². The summed E-state index contributed by atoms with van der Waals surface area (Å²) in [6, 6.07) is 3.82. The van der Waals surface area contributed by atoms with Gasteiger partial charge in [-0.1, -0.05) is 13.8 Å². The highest BCUT2D eigenvalue weighted by molar-refractivity contribution is 9.10. The van der Waals surface area contributed by atoms with Crippen molar-refractivity contribution in [2.45, 2.75) is 13.8 Å². The van der Waals surface area contributed by atoms with Crippen LogP contribution in [0, 0.1) is 0 Å². The third-order valence-electron chi connectivity index (χ3n) is 0.625. The fourth-order valence-corrected chi connectivity index (χ4v) is 0.613. The number of nitrogens with zero attached hydrogens (tertiary/aromatic N) is 1. The standard InChI is InChI=1S/C5H4BrN.C2H6/c6-5-2-1-3-7-4-5;1-2/h1-4H;1-2H3. The molecule has 1 nitrogen and oxygen atoms in total. The van der Waals surface area contributed by atoms with E-state index >= 15 is 0 Å². The molecular weight excluding hydrogens is 178 g/mol. The Balaban J connectivity index is 0.000000291. The molecule has 0 aliphatic rings. The second-order valence-corrected chi connectivity index (χ2v) is 2.09. The van der Waals surface area contributed by atoms with Gasteiger partial charge in [-0.25, -0.2) is 0 Å². The van der Waals surface area contributed by atoms with E-state index in [1.165, 1.54) is 0 Å². The molecule has 0 saturated heterocycles. The van der Waals surface area contributed by atoms with Gasteiger partial charge >= 0.3 is 0 Å². The van der Waals surface area contributed by atoms with Crippen molar-refractivity contribution in [2.24, 2.45) is 0 Å². The van der Waals surface area contributed by atoms with Crippen molar-refractivity contribution in [3.63, 3.8) is 0 Å². The fourth-order valence-electron chi connectivity index (χ4n) is 0.342. The normalized spacial score (nSPS) is 7.44. The van der Waals surface area contributed by atoms with E-state index < -0.39 is 0 Å². The highest BCUT2D eigenvalue weighted by Gasteiger charge is 1.75. The molecule has 0 atom stereocenters. The minimum absolute atomic E-state index is 1.02. The average molecular weight is 188 g/mol. The molecule has 0 aliphatic carbocycles. The van der Waals surface area contributed by atoms with Crippen LogP contribution in [0.15, 0.2) is 29.0 Å². The van der Waals surface area contributed by atoms with Gasteiger partial charge in [-0.3, -0.25) is 4.98 Å². The predicted octanol–water partition coefficient (Wildman–Crippen LogP) is 2.87. The molecule has 0 fully saturated rings. The quantitative estimate of drug-likeness (QED) is 0.609. The van der Waals surface area contributed by atoms with Gasteiger partial charge in [0.2, 0.25) is 0 Å². The van der Waals surface area contributed by atoms with Gasteiger partial charge in [0.1, 0.15) is 0 Å². The highest BCUT2D eigenvalue weighted by Crippen LogP contribution is 2.02. The SMILES string of the molecule is Brc1cccnc1.CC. The average Bonchev–Trinajstić information content (AvgIpc) is 1.94. The van der Waals surface area contributed by atoms with Crippen LogP contribution < -0.4 is 0 Å². The van der Waals surface area contributed by atoms with Gasteiger partial charge in [-0.2, -0.15) is 0 Å². The topological polar surface area (TPSA) is 12.9 Å². The maximum Gasteiger partial charge on any atom is 0.0410 e. The summed E-state index contributed by atoms with van der Waals surface area (Å²) >= 11 is 3.25. The van der Waals surface area contributed by atoms with Crippen LogP contribution in [-0.2, 0) is 0 Å². The van der Waals surface area contributed by atoms with Crippen LogP contribution >= 0.6 is 15.9 Å². The summed E-state index contributed by atoms with van der Waals surface area (Å²) in [4.78, 5) is 3.84. The number of halogens is 1. The Labute approximate surface area is 64.3 Å². The molecule has 0 spiro atoms. The first kappa shape index (κ1) is 8.63. The van der Waals surface area contributed by atoms with Crippen LogP contribution in [-0.4, -0.2) is 4.98 Å². The molecule has 1 heterocycles. The third kappa shape index (κ3) is 4.15. The second-order valence-electron chi connectivity index (χ2n) is 1.17. The third-order valence-corrected chi connectivity index (χ3v) is 1.09. The molecule has 2 heteroatoms. The van der Waals surface area contributed by atoms with Crippen LogP contribution in [0.4, 0.5) is 0 Å². The van der Waals surface area contributed by atoms with Gasteiger partial charge in [-0.05, 0) is 28.1 Å². The first-order valence-electron chi connectivity index (χ1n) is 2.95. The lowest BCUT2D eigenvalue weighted by Gasteiger charge is -1.80. The summed E-state index contributed by atoms with van der Waals surface area (Å²) in [7, 11) is 0. The second kappa shape index (κ2) is 5.76. The summed E-state index contributed by atoms with van der Waals surface area (Å²) < 4.78 is 1.02. The number of rotatable bonds is 0. The van der Waals surface area contributed by atoms with Gasteiger partial charge < -0.3 is 0 Å². The molecule has 0 radical (unpaired) electrons. The van der Waals surface area contributed by atoms with Crippen LogP contribution in [0.2, 0.25) is 0 Å². The van der Waals surface area contributed by atoms with Gasteiger partial charge in [-0.15, -0.1) is 0 Å². The van der Waals surface area contributed by atoms with Crippen molar-refractivity contribution < 1.29 is 0 Å². The lowest BCUT2D eigenvalue weighted by atomic mass is 10.5. The molecule has 50 valence electrons. The Bertz CT molecular complexity index is 139. The van der Waals surface area contributed by atoms with Crippen molar-refractivity contribution in [1.82, 2.24) is 4.98 Å². The largest absolute Gasteiger partial charge is 0.264 e. The Morgan fingerprint density at radius 3 is 2.33 bits per heavy atom. The summed E-state index contributed by atoms with van der Waals surface area (Å²) in [5.74, 6) is 0. The molecule has 0 unspecified atom stereocenters. The van der Waals surface area contributed by atoms with Crippen molar-refractivity contribution in [3.05, 3.63) is 29.0 Å². The van der Waals surface area contributed by atoms with Gasteiger partial charge in [0.15, 0.2) is 0 Å². The maximum atomic E-state index is 3.84. The Morgan fingerprint density at radius 2 is 2.11 bits per heavy atom. The van der Waals surface area contributed by atoms with Crippen LogP contribution in [0.25, 0.3) is 0 Å². The number of pyridine rings is 1. The van der Waals surface area contributed by atoms with Crippen LogP contribution in [0.3, 0.4) is 0 Å². The van der Waals surface area contributed by atoms with E-state index in [1.807, 2.05) is 26.0 Å². The molecule has 0 N–H and O–H groups in total. The zero-order valence-corrected chi connectivity index (χ0v) is 7.22. The predicted molar refractivity (Wildman–Crippen MR) is 43.3 cm³/mol. The van der Waals surface area contributed by atoms with Gasteiger partial charge in [0.25, 0.3) is 0 Å². The van der Waals surface area contributed by atoms with E-state index in [2.05, 4.69) is 20.9 Å². The Morgan fingerprint density at radius 1 is 1.44 bits per heavy atom. The number of aromatic nitrogens is 1. The maximum absolute atomic E-state index is 3.84. The zero-order chi connectivity index (χ0) is 7.11. The Hall–Kier alpha value is -0.370. The smallest absolute Gasteiger partial charge is 0.0410 e. The minimum Gasteiger partial charge on any atom is -0.264 e.